The van der Waals surface area contributed by atoms with E-state index in [0.29, 0.717) is 0 Å². The number of nitrogens with one attached hydrogen (secondary N) is 1. The fourth-order valence-electron chi connectivity index (χ4n) is 3.52. The third-order valence-electron chi connectivity index (χ3n) is 4.59. The SMILES string of the molecule is C[NH+]1CCC[C@H]1C(O)(c1ccccc1)c1ccccc1. The predicted octanol–water partition coefficient (Wildman–Crippen LogP) is 1.60. The van der Waals surface area contributed by atoms with Crippen LogP contribution in [0, 0.1) is 0 Å². The van der Waals surface area contributed by atoms with Crippen LogP contribution < -0.4 is 4.90 Å². The van der Waals surface area contributed by atoms with Crippen molar-refractivity contribution in [1.82, 2.24) is 0 Å². The monoisotopic (exact) mass is 268 g/mol. The molecule has 2 N–H and O–H groups in total. The molecule has 2 aromatic rings. The van der Waals surface area contributed by atoms with Crippen LogP contribution in [0.4, 0.5) is 0 Å². The molecule has 2 atom stereocenters. The van der Waals surface area contributed by atoms with E-state index in [9.17, 15) is 5.11 Å². The third-order valence-corrected chi connectivity index (χ3v) is 4.59. The zero-order valence-corrected chi connectivity index (χ0v) is 11.9. The van der Waals surface area contributed by atoms with Gasteiger partial charge in [0, 0.05) is 12.8 Å². The molecule has 1 fully saturated rings. The summed E-state index contributed by atoms with van der Waals surface area (Å²) in [7, 11) is 2.19. The Morgan fingerprint density at radius 1 is 0.950 bits per heavy atom. The number of likely N-dealkylation sites (tertiary alicyclic amines) is 1. The van der Waals surface area contributed by atoms with Crippen molar-refractivity contribution in [2.45, 2.75) is 24.5 Å². The molecule has 104 valence electrons. The molecule has 0 radical (unpaired) electrons. The molecule has 0 spiro atoms. The Morgan fingerprint density at radius 3 is 1.85 bits per heavy atom. The van der Waals surface area contributed by atoms with Crippen LogP contribution in [0.15, 0.2) is 60.7 Å². The summed E-state index contributed by atoms with van der Waals surface area (Å²) in [5.74, 6) is 0. The molecule has 0 aromatic heterocycles. The number of likely N-dealkylation sites (N-methyl/N-ethyl adjacent to an activating group) is 1. The Bertz CT molecular complexity index is 513. The fraction of sp³-hybridized carbons (Fsp3) is 0.333. The maximum absolute atomic E-state index is 11.6. The molecule has 0 bridgehead atoms. The predicted molar refractivity (Wildman–Crippen MR) is 80.7 cm³/mol. The van der Waals surface area contributed by atoms with Gasteiger partial charge in [0.15, 0.2) is 5.60 Å². The van der Waals surface area contributed by atoms with Crippen LogP contribution in [-0.4, -0.2) is 24.7 Å². The van der Waals surface area contributed by atoms with E-state index in [0.717, 1.165) is 24.1 Å². The number of quaternary nitrogens is 1. The molecule has 1 aliphatic heterocycles. The van der Waals surface area contributed by atoms with Crippen molar-refractivity contribution < 1.29 is 10.0 Å². The van der Waals surface area contributed by atoms with Crippen molar-refractivity contribution in [3.05, 3.63) is 71.8 Å². The normalized spacial score (nSPS) is 22.9. The minimum absolute atomic E-state index is 0.215. The van der Waals surface area contributed by atoms with Crippen LogP contribution in [0.1, 0.15) is 24.0 Å². The molecule has 1 saturated heterocycles. The largest absolute Gasteiger partial charge is 0.374 e. The highest BCUT2D eigenvalue weighted by Crippen LogP contribution is 2.34. The molecular weight excluding hydrogens is 246 g/mol. The maximum atomic E-state index is 11.6. The second kappa shape index (κ2) is 5.39. The second-order valence-corrected chi connectivity index (χ2v) is 5.79. The molecule has 2 nitrogen and oxygen atoms in total. The molecule has 2 heteroatoms. The van der Waals surface area contributed by atoms with E-state index in [-0.39, 0.29) is 6.04 Å². The summed E-state index contributed by atoms with van der Waals surface area (Å²) in [5, 5.41) is 11.6. The summed E-state index contributed by atoms with van der Waals surface area (Å²) < 4.78 is 0. The highest BCUT2D eigenvalue weighted by atomic mass is 16.3. The van der Waals surface area contributed by atoms with Crippen LogP contribution in [0.5, 0.6) is 0 Å². The standard InChI is InChI=1S/C18H21NO/c1-19-14-8-13-17(19)18(20,15-9-4-2-5-10-15)16-11-6-3-7-12-16/h2-7,9-12,17,20H,8,13-14H2,1H3/p+1/t17-/m0/s1. The average molecular weight is 268 g/mol. The minimum Gasteiger partial charge on any atom is -0.374 e. The number of rotatable bonds is 3. The van der Waals surface area contributed by atoms with Crippen molar-refractivity contribution in [1.29, 1.82) is 0 Å². The topological polar surface area (TPSA) is 24.7 Å². The van der Waals surface area contributed by atoms with Gasteiger partial charge >= 0.3 is 0 Å². The van der Waals surface area contributed by atoms with Gasteiger partial charge in [0.05, 0.1) is 13.6 Å². The summed E-state index contributed by atoms with van der Waals surface area (Å²) in [6.07, 6.45) is 2.24. The average Bonchev–Trinajstić information content (AvgIpc) is 2.95. The summed E-state index contributed by atoms with van der Waals surface area (Å²) in [5.41, 5.74) is 1.10. The van der Waals surface area contributed by atoms with Crippen molar-refractivity contribution >= 4 is 0 Å². The van der Waals surface area contributed by atoms with Gasteiger partial charge in [-0.1, -0.05) is 60.7 Å². The Labute approximate surface area is 120 Å². The van der Waals surface area contributed by atoms with E-state index in [1.165, 1.54) is 11.3 Å². The van der Waals surface area contributed by atoms with Gasteiger partial charge in [-0.05, 0) is 11.1 Å². The van der Waals surface area contributed by atoms with E-state index in [1.807, 2.05) is 60.7 Å². The lowest BCUT2D eigenvalue weighted by Gasteiger charge is -2.36. The number of benzene rings is 2. The lowest BCUT2D eigenvalue weighted by molar-refractivity contribution is -0.900. The van der Waals surface area contributed by atoms with Gasteiger partial charge in [0.2, 0.25) is 0 Å². The van der Waals surface area contributed by atoms with E-state index in [2.05, 4.69) is 7.05 Å². The molecule has 0 saturated carbocycles. The highest BCUT2D eigenvalue weighted by Gasteiger charge is 2.47. The third kappa shape index (κ3) is 2.15. The van der Waals surface area contributed by atoms with Crippen LogP contribution in [-0.2, 0) is 5.60 Å². The molecule has 1 aliphatic rings. The molecule has 0 aliphatic carbocycles. The van der Waals surface area contributed by atoms with Gasteiger partial charge in [0.1, 0.15) is 6.04 Å². The second-order valence-electron chi connectivity index (χ2n) is 5.79. The molecular formula is C18H22NO+. The van der Waals surface area contributed by atoms with Crippen LogP contribution in [0.2, 0.25) is 0 Å². The Morgan fingerprint density at radius 2 is 1.45 bits per heavy atom. The molecule has 1 unspecified atom stereocenters. The van der Waals surface area contributed by atoms with Crippen LogP contribution in [0.3, 0.4) is 0 Å². The minimum atomic E-state index is -0.900. The van der Waals surface area contributed by atoms with Crippen molar-refractivity contribution in [3.8, 4) is 0 Å². The Balaban J connectivity index is 2.13. The van der Waals surface area contributed by atoms with E-state index < -0.39 is 5.60 Å². The lowest BCUT2D eigenvalue weighted by atomic mass is 9.79. The number of hydrogen-bond donors (Lipinski definition) is 2. The van der Waals surface area contributed by atoms with Gasteiger partial charge in [0.25, 0.3) is 0 Å². The first-order chi connectivity index (χ1) is 9.73. The van der Waals surface area contributed by atoms with Crippen molar-refractivity contribution in [2.75, 3.05) is 13.6 Å². The first-order valence-electron chi connectivity index (χ1n) is 7.38. The summed E-state index contributed by atoms with van der Waals surface area (Å²) >= 11 is 0. The Kier molecular flexibility index (Phi) is 3.60. The van der Waals surface area contributed by atoms with Gasteiger partial charge in [-0.2, -0.15) is 0 Å². The van der Waals surface area contributed by atoms with Crippen molar-refractivity contribution in [2.24, 2.45) is 0 Å². The van der Waals surface area contributed by atoms with E-state index in [1.54, 1.807) is 0 Å². The lowest BCUT2D eigenvalue weighted by Crippen LogP contribution is -3.12. The van der Waals surface area contributed by atoms with Crippen molar-refractivity contribution in [3.63, 3.8) is 0 Å². The van der Waals surface area contributed by atoms with Gasteiger partial charge in [-0.15, -0.1) is 0 Å². The summed E-state index contributed by atoms with van der Waals surface area (Å²) in [6.45, 7) is 1.13. The first kappa shape index (κ1) is 13.3. The first-order valence-corrected chi connectivity index (χ1v) is 7.38. The molecule has 2 aromatic carbocycles. The zero-order chi connectivity index (χ0) is 14.0. The van der Waals surface area contributed by atoms with Crippen LogP contribution >= 0.6 is 0 Å². The summed E-state index contributed by atoms with van der Waals surface area (Å²) in [4.78, 5) is 1.42. The van der Waals surface area contributed by atoms with Gasteiger partial charge < -0.3 is 10.0 Å². The molecule has 1 heterocycles. The maximum Gasteiger partial charge on any atom is 0.166 e. The van der Waals surface area contributed by atoms with E-state index in [4.69, 9.17) is 0 Å². The smallest absolute Gasteiger partial charge is 0.166 e. The fourth-order valence-corrected chi connectivity index (χ4v) is 3.52. The number of hydrogen-bond acceptors (Lipinski definition) is 1. The van der Waals surface area contributed by atoms with Gasteiger partial charge in [-0.25, -0.2) is 0 Å². The zero-order valence-electron chi connectivity index (χ0n) is 11.9. The quantitative estimate of drug-likeness (QED) is 0.868. The van der Waals surface area contributed by atoms with Gasteiger partial charge in [-0.3, -0.25) is 0 Å². The highest BCUT2D eigenvalue weighted by molar-refractivity contribution is 5.37. The van der Waals surface area contributed by atoms with Crippen LogP contribution in [0.25, 0.3) is 0 Å². The number of aliphatic hydroxyl groups is 1. The molecule has 20 heavy (non-hydrogen) atoms. The Hall–Kier alpha value is -1.64. The molecule has 0 amide bonds. The molecule has 3 rings (SSSR count). The van der Waals surface area contributed by atoms with E-state index >= 15 is 0 Å². The summed E-state index contributed by atoms with van der Waals surface area (Å²) in [6, 6.07) is 20.4.